The standard InChI is InChI=1S/C15H14Cl2N2O/c16-11-4-1-3-10(9-11)7-8-19-15(20)12-5-2-6-13(18)14(12)17/h1-6,9H,7-8,18H2,(H,19,20). The second kappa shape index (κ2) is 6.64. The SMILES string of the molecule is Nc1cccc(C(=O)NCCc2cccc(Cl)c2)c1Cl. The quantitative estimate of drug-likeness (QED) is 0.849. The number of hydrogen-bond donors (Lipinski definition) is 2. The Kier molecular flexibility index (Phi) is 4.88. The fraction of sp³-hybridized carbons (Fsp3) is 0.133. The number of hydrogen-bond acceptors (Lipinski definition) is 2. The molecule has 2 rings (SSSR count). The molecule has 0 spiro atoms. The molecule has 5 heteroatoms. The van der Waals surface area contributed by atoms with Gasteiger partial charge in [0.15, 0.2) is 0 Å². The average Bonchev–Trinajstić information content (AvgIpc) is 2.42. The summed E-state index contributed by atoms with van der Waals surface area (Å²) in [5.74, 6) is -0.232. The van der Waals surface area contributed by atoms with E-state index >= 15 is 0 Å². The van der Waals surface area contributed by atoms with Gasteiger partial charge in [0.2, 0.25) is 0 Å². The maximum Gasteiger partial charge on any atom is 0.252 e. The third-order valence-electron chi connectivity index (χ3n) is 2.86. The highest BCUT2D eigenvalue weighted by Gasteiger charge is 2.11. The summed E-state index contributed by atoms with van der Waals surface area (Å²) < 4.78 is 0. The van der Waals surface area contributed by atoms with Crippen molar-refractivity contribution in [2.45, 2.75) is 6.42 Å². The predicted molar refractivity (Wildman–Crippen MR) is 83.4 cm³/mol. The molecular formula is C15H14Cl2N2O. The lowest BCUT2D eigenvalue weighted by Gasteiger charge is -2.08. The highest BCUT2D eigenvalue weighted by atomic mass is 35.5. The number of nitrogen functional groups attached to an aromatic ring is 1. The van der Waals surface area contributed by atoms with E-state index in [-0.39, 0.29) is 10.9 Å². The molecule has 0 aliphatic carbocycles. The first-order valence-corrected chi connectivity index (χ1v) is 6.90. The van der Waals surface area contributed by atoms with Crippen molar-refractivity contribution in [1.82, 2.24) is 5.32 Å². The first kappa shape index (κ1) is 14.7. The molecule has 104 valence electrons. The van der Waals surface area contributed by atoms with Gasteiger partial charge in [-0.25, -0.2) is 0 Å². The van der Waals surface area contributed by atoms with Crippen LogP contribution in [-0.4, -0.2) is 12.5 Å². The van der Waals surface area contributed by atoms with Gasteiger partial charge in [-0.05, 0) is 36.2 Å². The number of carbonyl (C=O) groups is 1. The van der Waals surface area contributed by atoms with E-state index in [1.165, 1.54) is 0 Å². The van der Waals surface area contributed by atoms with Gasteiger partial charge in [0.05, 0.1) is 16.3 Å². The van der Waals surface area contributed by atoms with Crippen molar-refractivity contribution in [1.29, 1.82) is 0 Å². The van der Waals surface area contributed by atoms with Crippen molar-refractivity contribution < 1.29 is 4.79 Å². The molecule has 0 bridgehead atoms. The van der Waals surface area contributed by atoms with Crippen molar-refractivity contribution in [3.8, 4) is 0 Å². The summed E-state index contributed by atoms with van der Waals surface area (Å²) in [6, 6.07) is 12.5. The van der Waals surface area contributed by atoms with Crippen LogP contribution in [0.5, 0.6) is 0 Å². The largest absolute Gasteiger partial charge is 0.398 e. The van der Waals surface area contributed by atoms with Crippen LogP contribution in [0.4, 0.5) is 5.69 Å². The first-order valence-electron chi connectivity index (χ1n) is 6.14. The lowest BCUT2D eigenvalue weighted by molar-refractivity contribution is 0.0954. The molecule has 0 aliphatic rings. The molecule has 0 atom stereocenters. The van der Waals surface area contributed by atoms with Crippen molar-refractivity contribution >= 4 is 34.8 Å². The molecular weight excluding hydrogens is 295 g/mol. The molecule has 0 aliphatic heterocycles. The second-order valence-corrected chi connectivity index (χ2v) is 5.16. The lowest BCUT2D eigenvalue weighted by atomic mass is 10.1. The van der Waals surface area contributed by atoms with Crippen LogP contribution in [-0.2, 0) is 6.42 Å². The average molecular weight is 309 g/mol. The van der Waals surface area contributed by atoms with Gasteiger partial charge in [-0.3, -0.25) is 4.79 Å². The summed E-state index contributed by atoms with van der Waals surface area (Å²) >= 11 is 11.9. The Bertz CT molecular complexity index is 629. The minimum atomic E-state index is -0.232. The molecule has 20 heavy (non-hydrogen) atoms. The molecule has 0 heterocycles. The van der Waals surface area contributed by atoms with Crippen LogP contribution in [0.15, 0.2) is 42.5 Å². The van der Waals surface area contributed by atoms with Crippen LogP contribution in [0.1, 0.15) is 15.9 Å². The zero-order valence-electron chi connectivity index (χ0n) is 10.7. The zero-order valence-corrected chi connectivity index (χ0v) is 12.2. The van der Waals surface area contributed by atoms with Crippen LogP contribution in [0, 0.1) is 0 Å². The number of halogens is 2. The Hall–Kier alpha value is -1.71. The number of rotatable bonds is 4. The number of benzene rings is 2. The molecule has 2 aromatic rings. The maximum atomic E-state index is 12.0. The summed E-state index contributed by atoms with van der Waals surface area (Å²) in [6.07, 6.45) is 0.701. The van der Waals surface area contributed by atoms with E-state index in [0.717, 1.165) is 5.56 Å². The molecule has 3 nitrogen and oxygen atoms in total. The topological polar surface area (TPSA) is 55.1 Å². The molecule has 0 aromatic heterocycles. The molecule has 2 aromatic carbocycles. The van der Waals surface area contributed by atoms with Crippen molar-refractivity contribution in [3.05, 3.63) is 63.6 Å². The molecule has 1 amide bonds. The minimum absolute atomic E-state index is 0.232. The van der Waals surface area contributed by atoms with E-state index in [1.54, 1.807) is 18.2 Å². The van der Waals surface area contributed by atoms with E-state index in [2.05, 4.69) is 5.32 Å². The normalized spacial score (nSPS) is 10.3. The van der Waals surface area contributed by atoms with Crippen LogP contribution in [0.2, 0.25) is 10.0 Å². The van der Waals surface area contributed by atoms with E-state index in [1.807, 2.05) is 24.3 Å². The molecule has 3 N–H and O–H groups in total. The first-order chi connectivity index (χ1) is 9.58. The summed E-state index contributed by atoms with van der Waals surface area (Å²) in [7, 11) is 0. The predicted octanol–water partition coefficient (Wildman–Crippen LogP) is 3.55. The van der Waals surface area contributed by atoms with Gasteiger partial charge in [0.1, 0.15) is 0 Å². The summed E-state index contributed by atoms with van der Waals surface area (Å²) in [5, 5.41) is 3.79. The monoisotopic (exact) mass is 308 g/mol. The Morgan fingerprint density at radius 1 is 1.15 bits per heavy atom. The number of anilines is 1. The number of amides is 1. The van der Waals surface area contributed by atoms with Crippen LogP contribution < -0.4 is 11.1 Å². The Balaban J connectivity index is 1.94. The van der Waals surface area contributed by atoms with E-state index in [4.69, 9.17) is 28.9 Å². The van der Waals surface area contributed by atoms with Gasteiger partial charge in [0, 0.05) is 11.6 Å². The highest BCUT2D eigenvalue weighted by Crippen LogP contribution is 2.22. The van der Waals surface area contributed by atoms with E-state index < -0.39 is 0 Å². The van der Waals surface area contributed by atoms with Gasteiger partial charge in [-0.2, -0.15) is 0 Å². The second-order valence-electron chi connectivity index (χ2n) is 4.34. The molecule has 0 fully saturated rings. The summed E-state index contributed by atoms with van der Waals surface area (Å²) in [4.78, 5) is 12.0. The Labute approximate surface area is 127 Å². The Morgan fingerprint density at radius 2 is 1.90 bits per heavy atom. The van der Waals surface area contributed by atoms with Crippen molar-refractivity contribution in [3.63, 3.8) is 0 Å². The lowest BCUT2D eigenvalue weighted by Crippen LogP contribution is -2.26. The summed E-state index contributed by atoms with van der Waals surface area (Å²) in [5.41, 5.74) is 7.52. The number of carbonyl (C=O) groups excluding carboxylic acids is 1. The molecule has 0 unspecified atom stereocenters. The summed E-state index contributed by atoms with van der Waals surface area (Å²) in [6.45, 7) is 0.504. The number of nitrogens with one attached hydrogen (secondary N) is 1. The van der Waals surface area contributed by atoms with Gasteiger partial charge in [-0.1, -0.05) is 41.4 Å². The van der Waals surface area contributed by atoms with Crippen molar-refractivity contribution in [2.75, 3.05) is 12.3 Å². The van der Waals surface area contributed by atoms with Gasteiger partial charge >= 0.3 is 0 Å². The zero-order chi connectivity index (χ0) is 14.5. The van der Waals surface area contributed by atoms with E-state index in [0.29, 0.717) is 29.2 Å². The maximum absolute atomic E-state index is 12.0. The van der Waals surface area contributed by atoms with Gasteiger partial charge < -0.3 is 11.1 Å². The van der Waals surface area contributed by atoms with Gasteiger partial charge in [0.25, 0.3) is 5.91 Å². The van der Waals surface area contributed by atoms with E-state index in [9.17, 15) is 4.79 Å². The van der Waals surface area contributed by atoms with Crippen LogP contribution >= 0.6 is 23.2 Å². The Morgan fingerprint density at radius 3 is 2.65 bits per heavy atom. The molecule has 0 saturated heterocycles. The third-order valence-corrected chi connectivity index (χ3v) is 3.52. The fourth-order valence-corrected chi connectivity index (χ4v) is 2.26. The molecule has 0 radical (unpaired) electrons. The smallest absolute Gasteiger partial charge is 0.252 e. The minimum Gasteiger partial charge on any atom is -0.398 e. The molecule has 0 saturated carbocycles. The third kappa shape index (κ3) is 3.65. The van der Waals surface area contributed by atoms with Crippen LogP contribution in [0.3, 0.4) is 0 Å². The fourth-order valence-electron chi connectivity index (χ4n) is 1.83. The number of nitrogens with two attached hydrogens (primary N) is 1. The van der Waals surface area contributed by atoms with Crippen molar-refractivity contribution in [2.24, 2.45) is 0 Å². The van der Waals surface area contributed by atoms with Crippen LogP contribution in [0.25, 0.3) is 0 Å². The van der Waals surface area contributed by atoms with Gasteiger partial charge in [-0.15, -0.1) is 0 Å². The highest BCUT2D eigenvalue weighted by molar-refractivity contribution is 6.36.